The summed E-state index contributed by atoms with van der Waals surface area (Å²) in [6.07, 6.45) is 55.2. The van der Waals surface area contributed by atoms with Gasteiger partial charge < -0.3 is 4.74 Å². The Kier molecular flexibility index (Phi) is 45.1. The van der Waals surface area contributed by atoms with Crippen molar-refractivity contribution in [3.8, 4) is 0 Å². The number of carbonyl (C=O) groups excluding carboxylic acids is 2. The van der Waals surface area contributed by atoms with Gasteiger partial charge in [0.25, 0.3) is 0 Å². The highest BCUT2D eigenvalue weighted by atomic mass is 16.5. The Morgan fingerprint density at radius 1 is 0.345 bits per heavy atom. The van der Waals surface area contributed by atoms with Crippen molar-refractivity contribution in [3.05, 3.63) is 0 Å². The number of unbranched alkanes of at least 4 members (excludes halogenated alkanes) is 37. The van der Waals surface area contributed by atoms with Crippen molar-refractivity contribution in [3.63, 3.8) is 0 Å². The molecule has 0 spiro atoms. The third-order valence-electron chi connectivity index (χ3n) is 12.2. The SMILES string of the molecule is CCCCCCCCCCCCCCCCCC(=O)C(CCCCCCCCCCCCCCCC)C(=O)OCCCCCCCCCCCCCC(C)C. The molecule has 0 saturated heterocycles. The minimum absolute atomic E-state index is 0.148. The van der Waals surface area contributed by atoms with Crippen LogP contribution in [0.3, 0.4) is 0 Å². The zero-order valence-corrected chi connectivity index (χ0v) is 38.5. The van der Waals surface area contributed by atoms with Crippen LogP contribution in [0.2, 0.25) is 0 Å². The highest BCUT2D eigenvalue weighted by Gasteiger charge is 2.27. The Balaban J connectivity index is 4.22. The van der Waals surface area contributed by atoms with Crippen molar-refractivity contribution < 1.29 is 14.3 Å². The molecule has 3 nitrogen and oxygen atoms in total. The second-order valence-corrected chi connectivity index (χ2v) is 18.3. The van der Waals surface area contributed by atoms with E-state index in [1.807, 2.05) is 0 Å². The monoisotopic (exact) mass is 775 g/mol. The third-order valence-corrected chi connectivity index (χ3v) is 12.2. The summed E-state index contributed by atoms with van der Waals surface area (Å²) in [6.45, 7) is 9.71. The average Bonchev–Trinajstić information content (AvgIpc) is 3.17. The molecule has 0 aromatic carbocycles. The molecule has 0 aliphatic rings. The van der Waals surface area contributed by atoms with Crippen molar-refractivity contribution in [1.82, 2.24) is 0 Å². The molecule has 0 saturated carbocycles. The number of Topliss-reactive ketones (excluding diaryl/α,β-unsaturated/α-hetero) is 1. The summed E-state index contributed by atoms with van der Waals surface area (Å²) in [6, 6.07) is 0. The van der Waals surface area contributed by atoms with Gasteiger partial charge in [0.1, 0.15) is 11.7 Å². The van der Waals surface area contributed by atoms with Crippen molar-refractivity contribution in [2.75, 3.05) is 6.61 Å². The number of carbonyl (C=O) groups is 2. The first-order valence-corrected chi connectivity index (χ1v) is 25.7. The van der Waals surface area contributed by atoms with Gasteiger partial charge in [0.05, 0.1) is 6.61 Å². The smallest absolute Gasteiger partial charge is 0.316 e. The Morgan fingerprint density at radius 3 is 0.945 bits per heavy atom. The van der Waals surface area contributed by atoms with E-state index in [4.69, 9.17) is 4.74 Å². The lowest BCUT2D eigenvalue weighted by Gasteiger charge is -2.15. The van der Waals surface area contributed by atoms with Crippen molar-refractivity contribution in [1.29, 1.82) is 0 Å². The van der Waals surface area contributed by atoms with E-state index >= 15 is 0 Å². The number of esters is 1. The van der Waals surface area contributed by atoms with Crippen LogP contribution >= 0.6 is 0 Å². The van der Waals surface area contributed by atoms with Gasteiger partial charge in [-0.05, 0) is 25.2 Å². The summed E-state index contributed by atoms with van der Waals surface area (Å²) >= 11 is 0. The quantitative estimate of drug-likeness (QED) is 0.0351. The van der Waals surface area contributed by atoms with Gasteiger partial charge in [0.15, 0.2) is 0 Å². The first-order valence-electron chi connectivity index (χ1n) is 25.7. The van der Waals surface area contributed by atoms with Crippen molar-refractivity contribution in [2.45, 2.75) is 304 Å². The first kappa shape index (κ1) is 54.1. The van der Waals surface area contributed by atoms with Gasteiger partial charge in [-0.25, -0.2) is 0 Å². The fourth-order valence-corrected chi connectivity index (χ4v) is 8.32. The molecule has 1 unspecified atom stereocenters. The molecule has 328 valence electrons. The van der Waals surface area contributed by atoms with Gasteiger partial charge in [0, 0.05) is 6.42 Å². The lowest BCUT2D eigenvalue weighted by Crippen LogP contribution is -2.26. The molecule has 0 fully saturated rings. The second-order valence-electron chi connectivity index (χ2n) is 18.3. The minimum Gasteiger partial charge on any atom is -0.465 e. The predicted octanol–water partition coefficient (Wildman–Crippen LogP) is 18.2. The van der Waals surface area contributed by atoms with E-state index in [2.05, 4.69) is 27.7 Å². The van der Waals surface area contributed by atoms with Gasteiger partial charge in [-0.1, -0.05) is 278 Å². The lowest BCUT2D eigenvalue weighted by molar-refractivity contribution is -0.152. The Morgan fingerprint density at radius 2 is 0.618 bits per heavy atom. The van der Waals surface area contributed by atoms with Crippen molar-refractivity contribution >= 4 is 11.8 Å². The molecule has 0 heterocycles. The summed E-state index contributed by atoms with van der Waals surface area (Å²) < 4.78 is 5.77. The van der Waals surface area contributed by atoms with Crippen LogP contribution < -0.4 is 0 Å². The summed E-state index contributed by atoms with van der Waals surface area (Å²) in [4.78, 5) is 26.5. The summed E-state index contributed by atoms with van der Waals surface area (Å²) in [5.41, 5.74) is 0. The maximum atomic E-state index is 13.3. The molecule has 0 aliphatic carbocycles. The van der Waals surface area contributed by atoms with Gasteiger partial charge in [-0.2, -0.15) is 0 Å². The molecule has 0 aliphatic heterocycles. The molecular weight excluding hydrogens is 673 g/mol. The largest absolute Gasteiger partial charge is 0.465 e. The summed E-state index contributed by atoms with van der Waals surface area (Å²) in [5, 5.41) is 0. The molecule has 3 heteroatoms. The number of hydrogen-bond donors (Lipinski definition) is 0. The molecule has 0 aromatic heterocycles. The number of ether oxygens (including phenoxy) is 1. The van der Waals surface area contributed by atoms with E-state index in [9.17, 15) is 9.59 Å². The molecule has 0 aromatic rings. The number of ketones is 1. The van der Waals surface area contributed by atoms with Gasteiger partial charge >= 0.3 is 5.97 Å². The maximum absolute atomic E-state index is 13.3. The fourth-order valence-electron chi connectivity index (χ4n) is 8.32. The predicted molar refractivity (Wildman–Crippen MR) is 244 cm³/mol. The fraction of sp³-hybridized carbons (Fsp3) is 0.962. The van der Waals surface area contributed by atoms with Gasteiger partial charge in [0.2, 0.25) is 0 Å². The van der Waals surface area contributed by atoms with Gasteiger partial charge in [-0.3, -0.25) is 9.59 Å². The average molecular weight is 775 g/mol. The van der Waals surface area contributed by atoms with Crippen LogP contribution in [0.5, 0.6) is 0 Å². The molecule has 0 radical (unpaired) electrons. The van der Waals surface area contributed by atoms with E-state index in [-0.39, 0.29) is 11.8 Å². The molecule has 55 heavy (non-hydrogen) atoms. The standard InChI is InChI=1S/C52H102O3/c1-5-7-9-11-13-15-17-19-21-23-27-31-35-39-43-47-51(53)50(46-42-38-34-30-26-22-20-18-16-14-12-10-8-6-2)52(54)55-48-44-40-36-32-28-24-25-29-33-37-41-45-49(3)4/h49-50H,5-48H2,1-4H3. The molecule has 0 bridgehead atoms. The summed E-state index contributed by atoms with van der Waals surface area (Å²) in [5.74, 6) is 0.234. The van der Waals surface area contributed by atoms with Crippen LogP contribution in [0.15, 0.2) is 0 Å². The Bertz CT molecular complexity index is 760. The van der Waals surface area contributed by atoms with E-state index in [0.29, 0.717) is 19.4 Å². The molecule has 0 amide bonds. The molecule has 0 rings (SSSR count). The van der Waals surface area contributed by atoms with Crippen molar-refractivity contribution in [2.24, 2.45) is 11.8 Å². The number of rotatable bonds is 47. The Hall–Kier alpha value is -0.860. The van der Waals surface area contributed by atoms with Crippen LogP contribution in [0, 0.1) is 11.8 Å². The van der Waals surface area contributed by atoms with Crippen LogP contribution in [0.25, 0.3) is 0 Å². The highest BCUT2D eigenvalue weighted by Crippen LogP contribution is 2.21. The normalized spacial score (nSPS) is 12.2. The van der Waals surface area contributed by atoms with E-state index < -0.39 is 5.92 Å². The zero-order chi connectivity index (χ0) is 40.1. The minimum atomic E-state index is -0.533. The van der Waals surface area contributed by atoms with E-state index in [0.717, 1.165) is 44.4 Å². The number of hydrogen-bond acceptors (Lipinski definition) is 3. The topological polar surface area (TPSA) is 43.4 Å². The Labute approximate surface area is 347 Å². The molecule has 0 N–H and O–H groups in total. The molecular formula is C52H102O3. The van der Waals surface area contributed by atoms with E-state index in [1.165, 1.54) is 225 Å². The second kappa shape index (κ2) is 45.8. The zero-order valence-electron chi connectivity index (χ0n) is 38.5. The van der Waals surface area contributed by atoms with Crippen LogP contribution in [0.4, 0.5) is 0 Å². The third kappa shape index (κ3) is 42.6. The highest BCUT2D eigenvalue weighted by molar-refractivity contribution is 5.98. The summed E-state index contributed by atoms with van der Waals surface area (Å²) in [7, 11) is 0. The van der Waals surface area contributed by atoms with E-state index in [1.54, 1.807) is 0 Å². The maximum Gasteiger partial charge on any atom is 0.316 e. The van der Waals surface area contributed by atoms with Gasteiger partial charge in [-0.15, -0.1) is 0 Å². The molecule has 1 atom stereocenters. The van der Waals surface area contributed by atoms with Crippen LogP contribution in [-0.4, -0.2) is 18.4 Å². The first-order chi connectivity index (χ1) is 27.0. The van der Waals surface area contributed by atoms with Crippen LogP contribution in [-0.2, 0) is 14.3 Å². The van der Waals surface area contributed by atoms with Crippen LogP contribution in [0.1, 0.15) is 304 Å². The lowest BCUT2D eigenvalue weighted by atomic mass is 9.92.